The van der Waals surface area contributed by atoms with Crippen LogP contribution in [0.25, 0.3) is 0 Å². The molecule has 0 aromatic carbocycles. The first-order chi connectivity index (χ1) is 3.29. The predicted molar refractivity (Wildman–Crippen MR) is 30.4 cm³/mol. The highest BCUT2D eigenvalue weighted by Gasteiger charge is 2.05. The van der Waals surface area contributed by atoms with Gasteiger partial charge in [0.2, 0.25) is 0 Å². The lowest BCUT2D eigenvalue weighted by Gasteiger charge is -2.07. The highest BCUT2D eigenvalue weighted by Crippen LogP contribution is 1.94. The van der Waals surface area contributed by atoms with E-state index in [1.165, 1.54) is 0 Å². The third kappa shape index (κ3) is 0.887. The van der Waals surface area contributed by atoms with Crippen LogP contribution in [0, 0.1) is 0 Å². The largest absolute Gasteiger partial charge is 0.406 e. The third-order valence-corrected chi connectivity index (χ3v) is 0.901. The van der Waals surface area contributed by atoms with Crippen LogP contribution >= 0.6 is 0 Å². The molecule has 37 valence electrons. The van der Waals surface area contributed by atoms with Gasteiger partial charge in [-0.15, -0.1) is 0 Å². The van der Waals surface area contributed by atoms with E-state index in [4.69, 9.17) is 0 Å². The van der Waals surface area contributed by atoms with Gasteiger partial charge in [-0.1, -0.05) is 0 Å². The summed E-state index contributed by atoms with van der Waals surface area (Å²) in [6, 6.07) is 0. The Bertz CT molecular complexity index is 81.7. The Morgan fingerprint density at radius 1 is 1.14 bits per heavy atom. The van der Waals surface area contributed by atoms with Crippen molar-refractivity contribution < 1.29 is 0 Å². The van der Waals surface area contributed by atoms with Crippen molar-refractivity contribution in [3.05, 3.63) is 12.4 Å². The van der Waals surface area contributed by atoms with E-state index in [2.05, 4.69) is 0 Å². The smallest absolute Gasteiger partial charge is 0.390 e. The van der Waals surface area contributed by atoms with E-state index in [0.717, 1.165) is 0 Å². The van der Waals surface area contributed by atoms with Crippen molar-refractivity contribution in [3.8, 4) is 0 Å². The minimum atomic E-state index is 2.00. The van der Waals surface area contributed by atoms with E-state index in [1.807, 2.05) is 43.7 Å². The second-order valence-electron chi connectivity index (χ2n) is 1.74. The van der Waals surface area contributed by atoms with E-state index in [9.17, 15) is 0 Å². The zero-order valence-corrected chi connectivity index (χ0v) is 4.63. The van der Waals surface area contributed by atoms with E-state index >= 15 is 0 Å². The molecule has 3 heteroatoms. The molecule has 2 nitrogen and oxygen atoms in total. The molecule has 1 radical (unpaired) electrons. The zero-order valence-electron chi connectivity index (χ0n) is 4.63. The van der Waals surface area contributed by atoms with Crippen LogP contribution in [0.1, 0.15) is 0 Å². The molecule has 7 heavy (non-hydrogen) atoms. The first-order valence-electron chi connectivity index (χ1n) is 2.26. The van der Waals surface area contributed by atoms with Crippen molar-refractivity contribution >= 4 is 7.55 Å². The Hall–Kier alpha value is -0.595. The second kappa shape index (κ2) is 1.48. The summed E-state index contributed by atoms with van der Waals surface area (Å²) in [5, 5.41) is 0. The summed E-state index contributed by atoms with van der Waals surface area (Å²) in [7, 11) is 6.00. The fourth-order valence-corrected chi connectivity index (χ4v) is 0.575. The van der Waals surface area contributed by atoms with Gasteiger partial charge < -0.3 is 9.62 Å². The minimum Gasteiger partial charge on any atom is -0.406 e. The molecule has 0 amide bonds. The van der Waals surface area contributed by atoms with Gasteiger partial charge in [0.1, 0.15) is 0 Å². The average molecular weight is 94.9 g/mol. The van der Waals surface area contributed by atoms with Crippen LogP contribution in [-0.2, 0) is 0 Å². The van der Waals surface area contributed by atoms with Crippen molar-refractivity contribution in [1.29, 1.82) is 0 Å². The van der Waals surface area contributed by atoms with Crippen LogP contribution in [-0.4, -0.2) is 31.3 Å². The van der Waals surface area contributed by atoms with Crippen molar-refractivity contribution in [2.24, 2.45) is 0 Å². The van der Waals surface area contributed by atoms with Crippen molar-refractivity contribution in [2.75, 3.05) is 14.1 Å². The van der Waals surface area contributed by atoms with Crippen LogP contribution in [0.4, 0.5) is 0 Å². The minimum absolute atomic E-state index is 2.00. The molecule has 1 rings (SSSR count). The fraction of sp³-hybridized carbons (Fsp3) is 0.500. The molecule has 0 aromatic rings. The Morgan fingerprint density at radius 2 is 1.57 bits per heavy atom. The Kier molecular flexibility index (Phi) is 0.967. The van der Waals surface area contributed by atoms with Gasteiger partial charge in [0.25, 0.3) is 0 Å². The molecule has 0 aromatic heterocycles. The summed E-state index contributed by atoms with van der Waals surface area (Å²) in [4.78, 5) is 4.00. The van der Waals surface area contributed by atoms with Gasteiger partial charge in [-0.3, -0.25) is 0 Å². The highest BCUT2D eigenvalue weighted by molar-refractivity contribution is 6.30. The van der Waals surface area contributed by atoms with Crippen molar-refractivity contribution in [1.82, 2.24) is 9.62 Å². The lowest BCUT2D eigenvalue weighted by Crippen LogP contribution is -2.22. The summed E-state index contributed by atoms with van der Waals surface area (Å²) < 4.78 is 0. The summed E-state index contributed by atoms with van der Waals surface area (Å²) in [5.74, 6) is 0. The lowest BCUT2D eigenvalue weighted by molar-refractivity contribution is 0.681. The van der Waals surface area contributed by atoms with Crippen molar-refractivity contribution in [2.45, 2.75) is 0 Å². The molecule has 0 unspecified atom stereocenters. The van der Waals surface area contributed by atoms with Crippen LogP contribution in [0.15, 0.2) is 12.4 Å². The Morgan fingerprint density at radius 3 is 1.71 bits per heavy atom. The average Bonchev–Trinajstić information content (AvgIpc) is 1.87. The Labute approximate surface area is 44.7 Å². The molecule has 0 atom stereocenters. The van der Waals surface area contributed by atoms with Crippen LogP contribution in [0.5, 0.6) is 0 Å². The summed E-state index contributed by atoms with van der Waals surface area (Å²) in [6.07, 6.45) is 4.00. The van der Waals surface area contributed by atoms with Crippen LogP contribution < -0.4 is 0 Å². The molecule has 0 spiro atoms. The van der Waals surface area contributed by atoms with E-state index in [0.29, 0.717) is 0 Å². The van der Waals surface area contributed by atoms with Crippen LogP contribution in [0.2, 0.25) is 0 Å². The highest BCUT2D eigenvalue weighted by atomic mass is 15.2. The molecule has 0 bridgehead atoms. The number of hydrogen-bond acceptors (Lipinski definition) is 2. The summed E-state index contributed by atoms with van der Waals surface area (Å²) in [6.45, 7) is 0. The predicted octanol–water partition coefficient (Wildman–Crippen LogP) is -0.131. The maximum Gasteiger partial charge on any atom is 0.390 e. The van der Waals surface area contributed by atoms with E-state index in [1.54, 1.807) is 0 Å². The van der Waals surface area contributed by atoms with Crippen molar-refractivity contribution in [3.63, 3.8) is 0 Å². The van der Waals surface area contributed by atoms with Gasteiger partial charge in [0, 0.05) is 12.4 Å². The summed E-state index contributed by atoms with van der Waals surface area (Å²) in [5.41, 5.74) is 0. The zero-order chi connectivity index (χ0) is 5.28. The third-order valence-electron chi connectivity index (χ3n) is 0.901. The molecule has 0 saturated heterocycles. The first-order valence-corrected chi connectivity index (χ1v) is 2.26. The van der Waals surface area contributed by atoms with Crippen LogP contribution in [0.3, 0.4) is 0 Å². The fourth-order valence-electron chi connectivity index (χ4n) is 0.575. The number of hydrogen-bond donors (Lipinski definition) is 0. The quantitative estimate of drug-likeness (QED) is 0.386. The molecule has 0 N–H and O–H groups in total. The monoisotopic (exact) mass is 95.1 g/mol. The van der Waals surface area contributed by atoms with E-state index < -0.39 is 0 Å². The molecule has 1 aliphatic heterocycles. The van der Waals surface area contributed by atoms with Gasteiger partial charge in [-0.2, -0.15) is 0 Å². The van der Waals surface area contributed by atoms with Gasteiger partial charge in [0.15, 0.2) is 0 Å². The molecule has 0 saturated carbocycles. The lowest BCUT2D eigenvalue weighted by atomic mass is 10.1. The maximum absolute atomic E-state index is 2.00. The van der Waals surface area contributed by atoms with Gasteiger partial charge in [-0.25, -0.2) is 0 Å². The van der Waals surface area contributed by atoms with Gasteiger partial charge in [-0.05, 0) is 14.1 Å². The maximum atomic E-state index is 2.00. The topological polar surface area (TPSA) is 6.48 Å². The van der Waals surface area contributed by atoms with Gasteiger partial charge >= 0.3 is 7.55 Å². The van der Waals surface area contributed by atoms with E-state index in [-0.39, 0.29) is 0 Å². The second-order valence-corrected chi connectivity index (χ2v) is 1.74. The molecule has 0 fully saturated rings. The molecule has 0 aliphatic carbocycles. The molecular formula is C4H8BN2. The number of rotatable bonds is 0. The number of nitrogens with zero attached hydrogens (tertiary/aromatic N) is 2. The van der Waals surface area contributed by atoms with Gasteiger partial charge in [0.05, 0.1) is 0 Å². The normalized spacial score (nSPS) is 18.0. The molecule has 1 heterocycles. The standard InChI is InChI=1S/C4H8BN2/c1-6-3-4-7(2)5-6/h3-4H,1-2H3. The SMILES string of the molecule is CN1[B]N(C)C=C1. The first kappa shape index (κ1) is 4.56. The Balaban J connectivity index is 2.42. The molecular weight excluding hydrogens is 86.9 g/mol. The summed E-state index contributed by atoms with van der Waals surface area (Å²) >= 11 is 0. The molecule has 1 aliphatic rings.